The Labute approximate surface area is 117 Å². The molecule has 1 heterocycles. The van der Waals surface area contributed by atoms with Crippen molar-refractivity contribution < 1.29 is 14.6 Å². The maximum Gasteiger partial charge on any atom is 0.312 e. The van der Waals surface area contributed by atoms with Crippen LogP contribution < -0.4 is 5.32 Å². The lowest BCUT2D eigenvalue weighted by Crippen LogP contribution is -2.35. The lowest BCUT2D eigenvalue weighted by atomic mass is 9.91. The molecule has 1 aromatic heterocycles. The molecule has 0 radical (unpaired) electrons. The Hall–Kier alpha value is -1.14. The van der Waals surface area contributed by atoms with Crippen molar-refractivity contribution in [3.05, 3.63) is 10.6 Å². The smallest absolute Gasteiger partial charge is 0.312 e. The van der Waals surface area contributed by atoms with Crippen LogP contribution in [0.25, 0.3) is 0 Å². The van der Waals surface area contributed by atoms with Gasteiger partial charge in [0.25, 0.3) is 0 Å². The van der Waals surface area contributed by atoms with Gasteiger partial charge >= 0.3 is 5.97 Å². The SMILES string of the molecule is COCC(C)(C)Nc1nc2c(s1)CCCC2C(=O)O. The van der Waals surface area contributed by atoms with Crippen LogP contribution in [0.4, 0.5) is 5.13 Å². The van der Waals surface area contributed by atoms with Crippen LogP contribution in [0.15, 0.2) is 0 Å². The molecule has 1 aliphatic rings. The number of hydrogen-bond acceptors (Lipinski definition) is 5. The molecule has 0 amide bonds. The summed E-state index contributed by atoms with van der Waals surface area (Å²) in [6, 6.07) is 0. The molecule has 0 bridgehead atoms. The van der Waals surface area contributed by atoms with E-state index in [4.69, 9.17) is 4.74 Å². The number of aryl methyl sites for hydroxylation is 1. The normalized spacial score (nSPS) is 19.0. The number of rotatable bonds is 5. The largest absolute Gasteiger partial charge is 0.481 e. The van der Waals surface area contributed by atoms with Gasteiger partial charge in [0.1, 0.15) is 5.92 Å². The Morgan fingerprint density at radius 2 is 2.37 bits per heavy atom. The maximum absolute atomic E-state index is 11.2. The third-order valence-electron chi connectivity index (χ3n) is 3.20. The molecule has 6 heteroatoms. The highest BCUT2D eigenvalue weighted by atomic mass is 32.1. The number of nitrogens with zero attached hydrogens (tertiary/aromatic N) is 1. The summed E-state index contributed by atoms with van der Waals surface area (Å²) in [6.45, 7) is 4.64. The monoisotopic (exact) mass is 284 g/mol. The molecule has 1 atom stereocenters. The number of aliphatic carboxylic acids is 1. The highest BCUT2D eigenvalue weighted by molar-refractivity contribution is 7.15. The molecule has 0 aromatic carbocycles. The molecule has 1 unspecified atom stereocenters. The van der Waals surface area contributed by atoms with Gasteiger partial charge in [0.2, 0.25) is 0 Å². The average molecular weight is 284 g/mol. The summed E-state index contributed by atoms with van der Waals surface area (Å²) in [5, 5.41) is 13.4. The van der Waals surface area contributed by atoms with Gasteiger partial charge in [0, 0.05) is 12.0 Å². The van der Waals surface area contributed by atoms with Crippen LogP contribution in [0.1, 0.15) is 43.2 Å². The van der Waals surface area contributed by atoms with E-state index in [1.165, 1.54) is 0 Å². The summed E-state index contributed by atoms with van der Waals surface area (Å²) in [6.07, 6.45) is 2.54. The van der Waals surface area contributed by atoms with Gasteiger partial charge in [-0.1, -0.05) is 0 Å². The number of hydrogen-bond donors (Lipinski definition) is 2. The van der Waals surface area contributed by atoms with Gasteiger partial charge in [-0.2, -0.15) is 0 Å². The molecule has 0 saturated heterocycles. The Morgan fingerprint density at radius 1 is 1.63 bits per heavy atom. The maximum atomic E-state index is 11.2. The zero-order valence-corrected chi connectivity index (χ0v) is 12.3. The fraction of sp³-hybridized carbons (Fsp3) is 0.692. The van der Waals surface area contributed by atoms with Gasteiger partial charge in [-0.05, 0) is 33.1 Å². The molecule has 0 fully saturated rings. The minimum atomic E-state index is -0.769. The molecule has 106 valence electrons. The second kappa shape index (κ2) is 5.46. The number of carbonyl (C=O) groups is 1. The quantitative estimate of drug-likeness (QED) is 0.869. The van der Waals surface area contributed by atoms with E-state index < -0.39 is 11.9 Å². The van der Waals surface area contributed by atoms with E-state index in [1.54, 1.807) is 18.4 Å². The number of carboxylic acid groups (broad SMARTS) is 1. The van der Waals surface area contributed by atoms with Crippen LogP contribution in [-0.2, 0) is 16.0 Å². The third-order valence-corrected chi connectivity index (χ3v) is 4.25. The van der Waals surface area contributed by atoms with Crippen molar-refractivity contribution in [2.75, 3.05) is 19.0 Å². The topological polar surface area (TPSA) is 71.5 Å². The van der Waals surface area contributed by atoms with Crippen LogP contribution >= 0.6 is 11.3 Å². The average Bonchev–Trinajstić information content (AvgIpc) is 2.68. The van der Waals surface area contributed by atoms with E-state index in [0.29, 0.717) is 13.0 Å². The minimum absolute atomic E-state index is 0.214. The number of nitrogens with one attached hydrogen (secondary N) is 1. The van der Waals surface area contributed by atoms with E-state index >= 15 is 0 Å². The Bertz CT molecular complexity index is 470. The highest BCUT2D eigenvalue weighted by Gasteiger charge is 2.31. The summed E-state index contributed by atoms with van der Waals surface area (Å²) in [7, 11) is 1.66. The van der Waals surface area contributed by atoms with Crippen LogP contribution in [0.2, 0.25) is 0 Å². The van der Waals surface area contributed by atoms with Gasteiger partial charge in [-0.25, -0.2) is 4.98 Å². The van der Waals surface area contributed by atoms with E-state index in [2.05, 4.69) is 10.3 Å². The molecule has 1 aromatic rings. The first kappa shape index (κ1) is 14.3. The summed E-state index contributed by atoms with van der Waals surface area (Å²) < 4.78 is 5.16. The number of anilines is 1. The summed E-state index contributed by atoms with van der Waals surface area (Å²) in [5.41, 5.74) is 0.535. The predicted molar refractivity (Wildman–Crippen MR) is 75.0 cm³/mol. The first-order valence-corrected chi connectivity index (χ1v) is 7.24. The number of carboxylic acids is 1. The van der Waals surface area contributed by atoms with E-state index in [0.717, 1.165) is 28.5 Å². The molecule has 2 N–H and O–H groups in total. The Balaban J connectivity index is 2.20. The highest BCUT2D eigenvalue weighted by Crippen LogP contribution is 2.37. The molecule has 5 nitrogen and oxygen atoms in total. The van der Waals surface area contributed by atoms with Crippen LogP contribution in [0.3, 0.4) is 0 Å². The van der Waals surface area contributed by atoms with E-state index in [-0.39, 0.29) is 5.54 Å². The number of fused-ring (bicyclic) bond motifs is 1. The number of aromatic nitrogens is 1. The van der Waals surface area contributed by atoms with Gasteiger partial charge < -0.3 is 15.2 Å². The molecular weight excluding hydrogens is 264 g/mol. The van der Waals surface area contributed by atoms with Crippen LogP contribution in [0, 0.1) is 0 Å². The van der Waals surface area contributed by atoms with Crippen molar-refractivity contribution in [3.63, 3.8) is 0 Å². The standard InChI is InChI=1S/C13H20N2O3S/c1-13(2,7-18-3)15-12-14-10-8(11(16)17)5-4-6-9(10)19-12/h8H,4-7H2,1-3H3,(H,14,15)(H,16,17). The second-order valence-electron chi connectivity index (χ2n) is 5.55. The molecular formula is C13H20N2O3S. The van der Waals surface area contributed by atoms with Crippen molar-refractivity contribution in [2.45, 2.75) is 44.6 Å². The first-order chi connectivity index (χ1) is 8.93. The summed E-state index contributed by atoms with van der Waals surface area (Å²) in [5.74, 6) is -1.21. The number of methoxy groups -OCH3 is 1. The lowest BCUT2D eigenvalue weighted by molar-refractivity contribution is -0.139. The van der Waals surface area contributed by atoms with Crippen molar-refractivity contribution in [3.8, 4) is 0 Å². The zero-order valence-electron chi connectivity index (χ0n) is 11.5. The molecule has 19 heavy (non-hydrogen) atoms. The summed E-state index contributed by atoms with van der Waals surface area (Å²) >= 11 is 1.57. The second-order valence-corrected chi connectivity index (χ2v) is 6.64. The van der Waals surface area contributed by atoms with E-state index in [1.807, 2.05) is 13.8 Å². The number of ether oxygens (including phenoxy) is 1. The molecule has 1 aliphatic carbocycles. The minimum Gasteiger partial charge on any atom is -0.481 e. The lowest BCUT2D eigenvalue weighted by Gasteiger charge is -2.24. The first-order valence-electron chi connectivity index (χ1n) is 6.42. The molecule has 0 saturated carbocycles. The third kappa shape index (κ3) is 3.25. The van der Waals surface area contributed by atoms with Gasteiger partial charge in [0.15, 0.2) is 5.13 Å². The van der Waals surface area contributed by atoms with Gasteiger partial charge in [-0.3, -0.25) is 4.79 Å². The molecule has 0 aliphatic heterocycles. The predicted octanol–water partition coefficient (Wildman–Crippen LogP) is 2.48. The fourth-order valence-electron chi connectivity index (χ4n) is 2.40. The van der Waals surface area contributed by atoms with Crippen molar-refractivity contribution in [2.24, 2.45) is 0 Å². The van der Waals surface area contributed by atoms with Crippen molar-refractivity contribution in [1.82, 2.24) is 4.98 Å². The number of thiazole rings is 1. The van der Waals surface area contributed by atoms with Crippen LogP contribution in [-0.4, -0.2) is 35.3 Å². The van der Waals surface area contributed by atoms with Crippen molar-refractivity contribution in [1.29, 1.82) is 0 Å². The van der Waals surface area contributed by atoms with Crippen molar-refractivity contribution >= 4 is 22.4 Å². The van der Waals surface area contributed by atoms with Gasteiger partial charge in [0.05, 0.1) is 17.8 Å². The van der Waals surface area contributed by atoms with E-state index in [9.17, 15) is 9.90 Å². The Morgan fingerprint density at radius 3 is 3.00 bits per heavy atom. The fourth-order valence-corrected chi connectivity index (χ4v) is 3.64. The summed E-state index contributed by atoms with van der Waals surface area (Å²) in [4.78, 5) is 16.8. The van der Waals surface area contributed by atoms with Crippen LogP contribution in [0.5, 0.6) is 0 Å². The molecule has 2 rings (SSSR count). The zero-order chi connectivity index (χ0) is 14.0. The van der Waals surface area contributed by atoms with Gasteiger partial charge in [-0.15, -0.1) is 11.3 Å². The molecule has 0 spiro atoms. The Kier molecular flexibility index (Phi) is 4.10.